The Morgan fingerprint density at radius 3 is 2.71 bits per heavy atom. The second kappa shape index (κ2) is 4.34. The molecule has 0 aromatic heterocycles. The zero-order valence-corrected chi connectivity index (χ0v) is 8.95. The topological polar surface area (TPSA) is 69.2 Å². The number of nitro benzene ring substituents is 1. The summed E-state index contributed by atoms with van der Waals surface area (Å²) in [4.78, 5) is 10.00. The summed E-state index contributed by atoms with van der Waals surface area (Å²) in [6.45, 7) is 4.08. The minimum absolute atomic E-state index is 0.0467. The first kappa shape index (κ1) is 10.9. The second-order valence-electron chi connectivity index (χ2n) is 2.73. The van der Waals surface area contributed by atoms with Gasteiger partial charge in [0.2, 0.25) is 0 Å². The van der Waals surface area contributed by atoms with E-state index in [1.165, 1.54) is 12.1 Å². The molecule has 0 saturated carbocycles. The number of non-ortho nitro benzene ring substituents is 1. The second-order valence-corrected chi connectivity index (χ2v) is 3.58. The summed E-state index contributed by atoms with van der Waals surface area (Å²) in [6.07, 6.45) is 0. The molecule has 1 aromatic rings. The third kappa shape index (κ3) is 2.18. The van der Waals surface area contributed by atoms with E-state index in [4.69, 9.17) is 5.73 Å². The van der Waals surface area contributed by atoms with Crippen LogP contribution in [-0.2, 0) is 0 Å². The molecule has 0 spiro atoms. The first-order valence-corrected chi connectivity index (χ1v) is 4.67. The van der Waals surface area contributed by atoms with Gasteiger partial charge in [0.15, 0.2) is 0 Å². The lowest BCUT2D eigenvalue weighted by molar-refractivity contribution is -0.384. The average molecular weight is 257 g/mol. The van der Waals surface area contributed by atoms with Gasteiger partial charge in [-0.1, -0.05) is 6.58 Å². The zero-order valence-electron chi connectivity index (χ0n) is 7.37. The number of hydrogen-bond acceptors (Lipinski definition) is 3. The van der Waals surface area contributed by atoms with Crippen molar-refractivity contribution in [3.63, 3.8) is 0 Å². The molecule has 5 heteroatoms. The van der Waals surface area contributed by atoms with Gasteiger partial charge in [-0.05, 0) is 33.1 Å². The van der Waals surface area contributed by atoms with Gasteiger partial charge in [0.25, 0.3) is 5.69 Å². The van der Waals surface area contributed by atoms with E-state index in [1.54, 1.807) is 6.07 Å². The SMILES string of the molecule is C=C(CN)c1ccc([N+](=O)[O-])cc1Br. The number of nitrogens with zero attached hydrogens (tertiary/aromatic N) is 1. The molecule has 0 aliphatic rings. The number of rotatable bonds is 3. The van der Waals surface area contributed by atoms with Crippen LogP contribution >= 0.6 is 15.9 Å². The molecule has 0 bridgehead atoms. The number of benzene rings is 1. The minimum atomic E-state index is -0.445. The Bertz CT molecular complexity index is 390. The maximum Gasteiger partial charge on any atom is 0.270 e. The van der Waals surface area contributed by atoms with Crippen molar-refractivity contribution in [1.29, 1.82) is 0 Å². The van der Waals surface area contributed by atoms with Gasteiger partial charge in [0, 0.05) is 23.2 Å². The Hall–Kier alpha value is -1.20. The van der Waals surface area contributed by atoms with E-state index >= 15 is 0 Å². The van der Waals surface area contributed by atoms with Crippen LogP contribution in [0.2, 0.25) is 0 Å². The highest BCUT2D eigenvalue weighted by molar-refractivity contribution is 9.10. The van der Waals surface area contributed by atoms with Gasteiger partial charge in [-0.3, -0.25) is 10.1 Å². The van der Waals surface area contributed by atoms with E-state index in [1.807, 2.05) is 0 Å². The molecule has 0 heterocycles. The first-order valence-electron chi connectivity index (χ1n) is 3.88. The van der Waals surface area contributed by atoms with Crippen molar-refractivity contribution in [2.24, 2.45) is 5.73 Å². The standard InChI is InChI=1S/C9H9BrN2O2/c1-6(5-11)8-3-2-7(12(13)14)4-9(8)10/h2-4H,1,5,11H2. The van der Waals surface area contributed by atoms with Crippen molar-refractivity contribution in [3.8, 4) is 0 Å². The molecular formula is C9H9BrN2O2. The molecule has 0 aliphatic heterocycles. The number of halogens is 1. The number of nitro groups is 1. The molecule has 4 nitrogen and oxygen atoms in total. The molecule has 0 fully saturated rings. The van der Waals surface area contributed by atoms with Gasteiger partial charge in [0.05, 0.1) is 4.92 Å². The van der Waals surface area contributed by atoms with Crippen LogP contribution in [0.4, 0.5) is 5.69 Å². The lowest BCUT2D eigenvalue weighted by Crippen LogP contribution is -2.01. The van der Waals surface area contributed by atoms with Gasteiger partial charge in [-0.2, -0.15) is 0 Å². The summed E-state index contributed by atoms with van der Waals surface area (Å²) in [5.74, 6) is 0. The summed E-state index contributed by atoms with van der Waals surface area (Å²) in [6, 6.07) is 4.51. The van der Waals surface area contributed by atoms with Crippen molar-refractivity contribution in [3.05, 3.63) is 44.9 Å². The third-order valence-electron chi connectivity index (χ3n) is 1.79. The van der Waals surface area contributed by atoms with Gasteiger partial charge >= 0.3 is 0 Å². The van der Waals surface area contributed by atoms with Crippen molar-refractivity contribution in [2.75, 3.05) is 6.54 Å². The van der Waals surface area contributed by atoms with E-state index in [0.717, 1.165) is 11.1 Å². The van der Waals surface area contributed by atoms with Gasteiger partial charge in [-0.15, -0.1) is 0 Å². The maximum absolute atomic E-state index is 10.4. The van der Waals surface area contributed by atoms with Crippen molar-refractivity contribution >= 4 is 27.2 Å². The maximum atomic E-state index is 10.4. The van der Waals surface area contributed by atoms with E-state index in [0.29, 0.717) is 11.0 Å². The summed E-state index contributed by atoms with van der Waals surface area (Å²) >= 11 is 3.24. The number of hydrogen-bond donors (Lipinski definition) is 1. The zero-order chi connectivity index (χ0) is 10.7. The highest BCUT2D eigenvalue weighted by atomic mass is 79.9. The Balaban J connectivity index is 3.14. The molecule has 0 atom stereocenters. The molecule has 1 rings (SSSR count). The average Bonchev–Trinajstić information content (AvgIpc) is 2.16. The smallest absolute Gasteiger partial charge is 0.270 e. The van der Waals surface area contributed by atoms with Crippen LogP contribution in [0.3, 0.4) is 0 Å². The van der Waals surface area contributed by atoms with E-state index in [2.05, 4.69) is 22.5 Å². The molecule has 14 heavy (non-hydrogen) atoms. The van der Waals surface area contributed by atoms with Crippen LogP contribution in [0.15, 0.2) is 29.3 Å². The Morgan fingerprint density at radius 2 is 2.29 bits per heavy atom. The predicted octanol–water partition coefficient (Wildman–Crippen LogP) is 2.33. The highest BCUT2D eigenvalue weighted by Crippen LogP contribution is 2.26. The quantitative estimate of drug-likeness (QED) is 0.667. The fourth-order valence-corrected chi connectivity index (χ4v) is 1.66. The molecule has 0 aliphatic carbocycles. The normalized spacial score (nSPS) is 9.86. The van der Waals surface area contributed by atoms with Crippen LogP contribution < -0.4 is 5.73 Å². The van der Waals surface area contributed by atoms with Gasteiger partial charge < -0.3 is 5.73 Å². The van der Waals surface area contributed by atoms with Crippen LogP contribution in [-0.4, -0.2) is 11.5 Å². The van der Waals surface area contributed by atoms with Crippen LogP contribution in [0.1, 0.15) is 5.56 Å². The first-order chi connectivity index (χ1) is 6.56. The Morgan fingerprint density at radius 1 is 1.64 bits per heavy atom. The summed E-state index contributed by atoms with van der Waals surface area (Å²) in [5, 5.41) is 10.4. The fraction of sp³-hybridized carbons (Fsp3) is 0.111. The molecule has 74 valence electrons. The Kier molecular flexibility index (Phi) is 3.38. The van der Waals surface area contributed by atoms with Crippen LogP contribution in [0.5, 0.6) is 0 Å². The van der Waals surface area contributed by atoms with Gasteiger partial charge in [0.1, 0.15) is 0 Å². The lowest BCUT2D eigenvalue weighted by atomic mass is 10.1. The number of nitrogens with two attached hydrogens (primary N) is 1. The van der Waals surface area contributed by atoms with Crippen molar-refractivity contribution in [1.82, 2.24) is 0 Å². The van der Waals surface area contributed by atoms with E-state index in [-0.39, 0.29) is 5.69 Å². The third-order valence-corrected chi connectivity index (χ3v) is 2.45. The molecule has 1 aromatic carbocycles. The molecule has 0 unspecified atom stereocenters. The monoisotopic (exact) mass is 256 g/mol. The summed E-state index contributed by atoms with van der Waals surface area (Å²) < 4.78 is 0.641. The van der Waals surface area contributed by atoms with E-state index < -0.39 is 4.92 Å². The lowest BCUT2D eigenvalue weighted by Gasteiger charge is -2.04. The molecule has 0 radical (unpaired) electrons. The highest BCUT2D eigenvalue weighted by Gasteiger charge is 2.09. The van der Waals surface area contributed by atoms with Crippen LogP contribution in [0.25, 0.3) is 5.57 Å². The van der Waals surface area contributed by atoms with Crippen molar-refractivity contribution in [2.45, 2.75) is 0 Å². The van der Waals surface area contributed by atoms with Gasteiger partial charge in [-0.25, -0.2) is 0 Å². The fourth-order valence-electron chi connectivity index (χ4n) is 1.01. The van der Waals surface area contributed by atoms with Crippen molar-refractivity contribution < 1.29 is 4.92 Å². The van der Waals surface area contributed by atoms with Crippen LogP contribution in [0, 0.1) is 10.1 Å². The minimum Gasteiger partial charge on any atom is -0.326 e. The molecule has 0 saturated heterocycles. The molecule has 2 N–H and O–H groups in total. The van der Waals surface area contributed by atoms with E-state index in [9.17, 15) is 10.1 Å². The largest absolute Gasteiger partial charge is 0.326 e. The summed E-state index contributed by atoms with van der Waals surface area (Å²) in [7, 11) is 0. The summed E-state index contributed by atoms with van der Waals surface area (Å²) in [5.41, 5.74) is 7.01. The molecule has 0 amide bonds. The Labute approximate surface area is 89.7 Å². The predicted molar refractivity (Wildman–Crippen MR) is 58.9 cm³/mol. The molecular weight excluding hydrogens is 248 g/mol.